The molecule has 152 valence electrons. The number of pyridine rings is 1. The van der Waals surface area contributed by atoms with Gasteiger partial charge in [-0.25, -0.2) is 15.0 Å². The van der Waals surface area contributed by atoms with Crippen LogP contribution in [0.5, 0.6) is 5.88 Å². The summed E-state index contributed by atoms with van der Waals surface area (Å²) in [5, 5.41) is 3.39. The highest BCUT2D eigenvalue weighted by Gasteiger charge is 2.13. The Labute approximate surface area is 174 Å². The van der Waals surface area contributed by atoms with Crippen molar-refractivity contribution in [3.63, 3.8) is 0 Å². The van der Waals surface area contributed by atoms with Crippen LogP contribution < -0.4 is 15.0 Å². The fourth-order valence-electron chi connectivity index (χ4n) is 3.59. The van der Waals surface area contributed by atoms with E-state index in [2.05, 4.69) is 49.4 Å². The molecule has 1 saturated heterocycles. The van der Waals surface area contributed by atoms with Gasteiger partial charge in [0.25, 0.3) is 0 Å². The molecule has 1 fully saturated rings. The fourth-order valence-corrected chi connectivity index (χ4v) is 3.59. The lowest BCUT2D eigenvalue weighted by Crippen LogP contribution is -2.36. The number of methoxy groups -OCH3 is 1. The minimum Gasteiger partial charge on any atom is -0.481 e. The first-order valence-corrected chi connectivity index (χ1v) is 9.84. The number of hydrogen-bond donors (Lipinski definition) is 1. The fraction of sp³-hybridized carbons (Fsp3) is 0.227. The van der Waals surface area contributed by atoms with Crippen molar-refractivity contribution in [1.82, 2.24) is 19.4 Å². The van der Waals surface area contributed by atoms with Crippen LogP contribution in [0.15, 0.2) is 61.2 Å². The molecule has 30 heavy (non-hydrogen) atoms. The molecule has 5 rings (SSSR count). The summed E-state index contributed by atoms with van der Waals surface area (Å²) >= 11 is 0. The Balaban J connectivity index is 1.40. The van der Waals surface area contributed by atoms with Crippen molar-refractivity contribution in [1.29, 1.82) is 0 Å². The molecular formula is C22H22N6O2. The van der Waals surface area contributed by atoms with Crippen molar-refractivity contribution in [3.8, 4) is 17.1 Å². The van der Waals surface area contributed by atoms with E-state index in [0.29, 0.717) is 11.7 Å². The average molecular weight is 402 g/mol. The van der Waals surface area contributed by atoms with E-state index >= 15 is 0 Å². The molecular weight excluding hydrogens is 380 g/mol. The normalized spacial score (nSPS) is 14.1. The molecule has 0 bridgehead atoms. The van der Waals surface area contributed by atoms with Crippen LogP contribution in [0, 0.1) is 0 Å². The van der Waals surface area contributed by atoms with Crippen LogP contribution in [0.2, 0.25) is 0 Å². The summed E-state index contributed by atoms with van der Waals surface area (Å²) in [6.45, 7) is 3.39. The molecule has 0 atom stereocenters. The van der Waals surface area contributed by atoms with Crippen molar-refractivity contribution < 1.29 is 9.47 Å². The molecule has 3 aromatic heterocycles. The van der Waals surface area contributed by atoms with Crippen molar-refractivity contribution in [2.45, 2.75) is 0 Å². The molecule has 0 unspecified atom stereocenters. The molecule has 0 amide bonds. The van der Waals surface area contributed by atoms with Gasteiger partial charge in [0.15, 0.2) is 11.5 Å². The number of aromatic nitrogens is 4. The van der Waals surface area contributed by atoms with Gasteiger partial charge in [0.05, 0.1) is 32.2 Å². The number of hydrogen-bond acceptors (Lipinski definition) is 7. The molecule has 1 N–H and O–H groups in total. The number of imidazole rings is 1. The van der Waals surface area contributed by atoms with Crippen LogP contribution in [0.3, 0.4) is 0 Å². The maximum Gasteiger partial charge on any atom is 0.212 e. The smallest absolute Gasteiger partial charge is 0.212 e. The van der Waals surface area contributed by atoms with Gasteiger partial charge in [0.2, 0.25) is 5.88 Å². The van der Waals surface area contributed by atoms with Gasteiger partial charge in [0.1, 0.15) is 0 Å². The summed E-state index contributed by atoms with van der Waals surface area (Å²) in [6.07, 6.45) is 7.28. The van der Waals surface area contributed by atoms with Gasteiger partial charge in [0, 0.05) is 54.7 Å². The van der Waals surface area contributed by atoms with E-state index in [-0.39, 0.29) is 0 Å². The van der Waals surface area contributed by atoms with E-state index in [1.807, 2.05) is 28.9 Å². The minimum atomic E-state index is 0.576. The number of nitrogens with zero attached hydrogens (tertiary/aromatic N) is 5. The first-order chi connectivity index (χ1) is 14.8. The summed E-state index contributed by atoms with van der Waals surface area (Å²) in [6, 6.07) is 12.2. The number of nitrogens with one attached hydrogen (secondary N) is 1. The third-order valence-corrected chi connectivity index (χ3v) is 5.18. The minimum absolute atomic E-state index is 0.576. The van der Waals surface area contributed by atoms with E-state index in [1.54, 1.807) is 19.5 Å². The van der Waals surface area contributed by atoms with Crippen LogP contribution in [0.25, 0.3) is 16.9 Å². The lowest BCUT2D eigenvalue weighted by molar-refractivity contribution is 0.122. The van der Waals surface area contributed by atoms with Crippen LogP contribution in [0.4, 0.5) is 17.2 Å². The Morgan fingerprint density at radius 3 is 2.53 bits per heavy atom. The first kappa shape index (κ1) is 18.4. The second-order valence-corrected chi connectivity index (χ2v) is 6.97. The van der Waals surface area contributed by atoms with Crippen molar-refractivity contribution in [2.24, 2.45) is 0 Å². The lowest BCUT2D eigenvalue weighted by atomic mass is 10.2. The second-order valence-electron chi connectivity index (χ2n) is 6.97. The largest absolute Gasteiger partial charge is 0.481 e. The average Bonchev–Trinajstić information content (AvgIpc) is 3.31. The Morgan fingerprint density at radius 1 is 0.967 bits per heavy atom. The molecule has 1 aliphatic rings. The zero-order valence-corrected chi connectivity index (χ0v) is 16.7. The van der Waals surface area contributed by atoms with E-state index in [1.165, 1.54) is 5.69 Å². The third-order valence-electron chi connectivity index (χ3n) is 5.18. The van der Waals surface area contributed by atoms with Crippen LogP contribution in [-0.2, 0) is 4.74 Å². The highest BCUT2D eigenvalue weighted by Crippen LogP contribution is 2.26. The van der Waals surface area contributed by atoms with Crippen molar-refractivity contribution in [2.75, 3.05) is 43.6 Å². The predicted molar refractivity (Wildman–Crippen MR) is 116 cm³/mol. The SMILES string of the molecule is COc1ccc(-c2cnc(Nc3ccc(N4CCOCC4)cc3)c3nccn23)cn1. The van der Waals surface area contributed by atoms with Gasteiger partial charge >= 0.3 is 0 Å². The summed E-state index contributed by atoms with van der Waals surface area (Å²) < 4.78 is 12.6. The number of morpholine rings is 1. The van der Waals surface area contributed by atoms with E-state index < -0.39 is 0 Å². The Bertz CT molecular complexity index is 1130. The Kier molecular flexibility index (Phi) is 4.90. The number of fused-ring (bicyclic) bond motifs is 1. The van der Waals surface area contributed by atoms with Gasteiger partial charge in [-0.05, 0) is 30.3 Å². The maximum atomic E-state index is 5.43. The maximum absolute atomic E-state index is 5.43. The molecule has 8 nitrogen and oxygen atoms in total. The molecule has 1 aliphatic heterocycles. The molecule has 0 radical (unpaired) electrons. The quantitative estimate of drug-likeness (QED) is 0.548. The number of rotatable bonds is 5. The van der Waals surface area contributed by atoms with Gasteiger partial charge < -0.3 is 19.7 Å². The zero-order chi connectivity index (χ0) is 20.3. The van der Waals surface area contributed by atoms with Crippen LogP contribution in [-0.4, -0.2) is 52.8 Å². The summed E-state index contributed by atoms with van der Waals surface area (Å²) in [5.41, 5.74) is 4.76. The Hall–Kier alpha value is -3.65. The van der Waals surface area contributed by atoms with E-state index in [9.17, 15) is 0 Å². The molecule has 1 aromatic carbocycles. The first-order valence-electron chi connectivity index (χ1n) is 9.84. The summed E-state index contributed by atoms with van der Waals surface area (Å²) in [7, 11) is 1.60. The highest BCUT2D eigenvalue weighted by atomic mass is 16.5. The van der Waals surface area contributed by atoms with Crippen LogP contribution in [0.1, 0.15) is 0 Å². The molecule has 4 aromatic rings. The topological polar surface area (TPSA) is 76.8 Å². The molecule has 0 saturated carbocycles. The number of benzene rings is 1. The second kappa shape index (κ2) is 8.00. The molecule has 0 aliphatic carbocycles. The lowest BCUT2D eigenvalue weighted by Gasteiger charge is -2.28. The van der Waals surface area contributed by atoms with Crippen molar-refractivity contribution >= 4 is 22.8 Å². The van der Waals surface area contributed by atoms with Gasteiger partial charge in [-0.15, -0.1) is 0 Å². The van der Waals surface area contributed by atoms with E-state index in [0.717, 1.165) is 48.9 Å². The molecule has 8 heteroatoms. The predicted octanol–water partition coefficient (Wildman–Crippen LogP) is 3.38. The monoisotopic (exact) mass is 402 g/mol. The number of anilines is 3. The molecule has 0 spiro atoms. The standard InChI is InChI=1S/C22H22N6O2/c1-29-20-7-2-16(14-24-20)19-15-25-21(22-23-8-9-28(19)22)26-17-3-5-18(6-4-17)27-10-12-30-13-11-27/h2-9,14-15H,10-13H2,1H3,(H,25,26). The zero-order valence-electron chi connectivity index (χ0n) is 16.7. The third kappa shape index (κ3) is 3.53. The summed E-state index contributed by atoms with van der Waals surface area (Å²) in [5.74, 6) is 1.27. The van der Waals surface area contributed by atoms with Gasteiger partial charge in [-0.3, -0.25) is 4.40 Å². The van der Waals surface area contributed by atoms with E-state index in [4.69, 9.17) is 9.47 Å². The van der Waals surface area contributed by atoms with Crippen molar-refractivity contribution in [3.05, 3.63) is 61.2 Å². The van der Waals surface area contributed by atoms with Crippen LogP contribution >= 0.6 is 0 Å². The number of ether oxygens (including phenoxy) is 2. The Morgan fingerprint density at radius 2 is 1.80 bits per heavy atom. The molecule has 4 heterocycles. The summed E-state index contributed by atoms with van der Waals surface area (Å²) in [4.78, 5) is 15.7. The highest BCUT2D eigenvalue weighted by molar-refractivity contribution is 5.74. The van der Waals surface area contributed by atoms with Gasteiger partial charge in [-0.1, -0.05) is 0 Å². The van der Waals surface area contributed by atoms with Gasteiger partial charge in [-0.2, -0.15) is 0 Å².